The Morgan fingerprint density at radius 3 is 2.35 bits per heavy atom. The smallest absolute Gasteiger partial charge is 0.321 e. The van der Waals surface area contributed by atoms with E-state index in [9.17, 15) is 9.59 Å². The Balaban J connectivity index is 2.47. The second-order valence-corrected chi connectivity index (χ2v) is 5.09. The average Bonchev–Trinajstić information content (AvgIpc) is 2.36. The van der Waals surface area contributed by atoms with Gasteiger partial charge in [0.1, 0.15) is 12.6 Å². The van der Waals surface area contributed by atoms with Gasteiger partial charge in [-0.25, -0.2) is 0 Å². The topological polar surface area (TPSA) is 66.8 Å². The van der Waals surface area contributed by atoms with E-state index in [0.717, 1.165) is 5.56 Å². The minimum absolute atomic E-state index is 0.0397. The first-order chi connectivity index (χ1) is 9.41. The highest BCUT2D eigenvalue weighted by atomic mass is 16.5. The maximum Gasteiger partial charge on any atom is 0.321 e. The zero-order valence-corrected chi connectivity index (χ0v) is 12.1. The summed E-state index contributed by atoms with van der Waals surface area (Å²) >= 11 is 0. The molecule has 1 N–H and O–H groups in total. The first-order valence-corrected chi connectivity index (χ1v) is 6.54. The number of carbonyl (C=O) groups is 2. The van der Waals surface area contributed by atoms with Crippen LogP contribution in [0.15, 0.2) is 30.3 Å². The van der Waals surface area contributed by atoms with E-state index in [0.29, 0.717) is 0 Å². The first-order valence-electron chi connectivity index (χ1n) is 6.54. The standard InChI is InChI=1S/C15H21NO4/c1-11(2)14(15(18)19)16(3)9-13(17)20-10-12-7-5-4-6-8-12/h4-8,11,14H,9-10H2,1-3H3,(H,18,19)/t14-/m0/s1. The van der Waals surface area contributed by atoms with Crippen LogP contribution in [0.5, 0.6) is 0 Å². The van der Waals surface area contributed by atoms with Crippen molar-refractivity contribution >= 4 is 11.9 Å². The third-order valence-corrected chi connectivity index (χ3v) is 2.98. The molecular weight excluding hydrogens is 258 g/mol. The molecular formula is C15H21NO4. The Hall–Kier alpha value is -1.88. The summed E-state index contributed by atoms with van der Waals surface area (Å²) in [7, 11) is 1.61. The van der Waals surface area contributed by atoms with Gasteiger partial charge in [-0.05, 0) is 18.5 Å². The van der Waals surface area contributed by atoms with Crippen LogP contribution in [0, 0.1) is 5.92 Å². The van der Waals surface area contributed by atoms with Crippen LogP contribution in [-0.2, 0) is 20.9 Å². The number of likely N-dealkylation sites (N-methyl/N-ethyl adjacent to an activating group) is 1. The summed E-state index contributed by atoms with van der Waals surface area (Å²) in [5.41, 5.74) is 0.905. The van der Waals surface area contributed by atoms with Gasteiger partial charge in [-0.15, -0.1) is 0 Å². The van der Waals surface area contributed by atoms with Gasteiger partial charge in [-0.3, -0.25) is 14.5 Å². The number of carbonyl (C=O) groups excluding carboxylic acids is 1. The molecule has 1 aromatic rings. The molecule has 5 nitrogen and oxygen atoms in total. The van der Waals surface area contributed by atoms with E-state index in [1.54, 1.807) is 7.05 Å². The molecule has 5 heteroatoms. The normalized spacial score (nSPS) is 12.4. The molecule has 0 bridgehead atoms. The second kappa shape index (κ2) is 7.65. The van der Waals surface area contributed by atoms with E-state index in [4.69, 9.17) is 9.84 Å². The largest absolute Gasteiger partial charge is 0.480 e. The highest BCUT2D eigenvalue weighted by Crippen LogP contribution is 2.09. The Kier molecular flexibility index (Phi) is 6.18. The summed E-state index contributed by atoms with van der Waals surface area (Å²) in [6, 6.07) is 8.66. The first kappa shape index (κ1) is 16.2. The zero-order chi connectivity index (χ0) is 15.1. The quantitative estimate of drug-likeness (QED) is 0.770. The van der Waals surface area contributed by atoms with Crippen LogP contribution in [-0.4, -0.2) is 41.6 Å². The van der Waals surface area contributed by atoms with Gasteiger partial charge in [0.15, 0.2) is 0 Å². The van der Waals surface area contributed by atoms with Crippen molar-refractivity contribution in [3.05, 3.63) is 35.9 Å². The molecule has 1 aromatic carbocycles. The predicted octanol–water partition coefficient (Wildman–Crippen LogP) is 1.77. The van der Waals surface area contributed by atoms with Crippen molar-refractivity contribution in [1.82, 2.24) is 4.90 Å². The Morgan fingerprint density at radius 1 is 1.25 bits per heavy atom. The maximum absolute atomic E-state index is 11.7. The van der Waals surface area contributed by atoms with Crippen LogP contribution in [0.3, 0.4) is 0 Å². The number of carboxylic acid groups (broad SMARTS) is 1. The van der Waals surface area contributed by atoms with Gasteiger partial charge in [-0.2, -0.15) is 0 Å². The van der Waals surface area contributed by atoms with Gasteiger partial charge < -0.3 is 9.84 Å². The molecule has 0 aliphatic carbocycles. The highest BCUT2D eigenvalue weighted by Gasteiger charge is 2.27. The molecule has 0 radical (unpaired) electrons. The number of hydrogen-bond acceptors (Lipinski definition) is 4. The van der Waals surface area contributed by atoms with Crippen LogP contribution < -0.4 is 0 Å². The van der Waals surface area contributed by atoms with Crippen molar-refractivity contribution in [3.8, 4) is 0 Å². The second-order valence-electron chi connectivity index (χ2n) is 5.09. The molecule has 0 aliphatic heterocycles. The van der Waals surface area contributed by atoms with E-state index in [2.05, 4.69) is 0 Å². The summed E-state index contributed by atoms with van der Waals surface area (Å²) in [5.74, 6) is -1.44. The lowest BCUT2D eigenvalue weighted by Crippen LogP contribution is -2.44. The fraction of sp³-hybridized carbons (Fsp3) is 0.467. The summed E-state index contributed by atoms with van der Waals surface area (Å²) in [4.78, 5) is 24.4. The average molecular weight is 279 g/mol. The van der Waals surface area contributed by atoms with Crippen molar-refractivity contribution in [2.75, 3.05) is 13.6 Å². The maximum atomic E-state index is 11.7. The fourth-order valence-corrected chi connectivity index (χ4v) is 2.07. The minimum Gasteiger partial charge on any atom is -0.480 e. The molecule has 0 saturated carbocycles. The lowest BCUT2D eigenvalue weighted by molar-refractivity contribution is -0.150. The minimum atomic E-state index is -0.932. The molecule has 0 aliphatic rings. The Morgan fingerprint density at radius 2 is 1.85 bits per heavy atom. The predicted molar refractivity (Wildman–Crippen MR) is 75.1 cm³/mol. The number of benzene rings is 1. The molecule has 1 rings (SSSR count). The number of aliphatic carboxylic acids is 1. The third kappa shape index (κ3) is 5.01. The number of ether oxygens (including phenoxy) is 1. The van der Waals surface area contributed by atoms with E-state index in [1.807, 2.05) is 44.2 Å². The molecule has 0 aromatic heterocycles. The van der Waals surface area contributed by atoms with E-state index >= 15 is 0 Å². The lowest BCUT2D eigenvalue weighted by Gasteiger charge is -2.26. The lowest BCUT2D eigenvalue weighted by atomic mass is 10.0. The van der Waals surface area contributed by atoms with Crippen LogP contribution in [0.1, 0.15) is 19.4 Å². The molecule has 20 heavy (non-hydrogen) atoms. The van der Waals surface area contributed by atoms with Gasteiger partial charge in [0.05, 0.1) is 6.54 Å². The van der Waals surface area contributed by atoms with Crippen molar-refractivity contribution in [2.45, 2.75) is 26.5 Å². The number of rotatable bonds is 7. The van der Waals surface area contributed by atoms with Crippen molar-refractivity contribution in [2.24, 2.45) is 5.92 Å². The summed E-state index contributed by atoms with van der Waals surface area (Å²) in [6.45, 7) is 3.78. The summed E-state index contributed by atoms with van der Waals surface area (Å²) in [6.07, 6.45) is 0. The van der Waals surface area contributed by atoms with Gasteiger partial charge >= 0.3 is 11.9 Å². The SMILES string of the molecule is CC(C)[C@@H](C(=O)O)N(C)CC(=O)OCc1ccccc1. The monoisotopic (exact) mass is 279 g/mol. The number of nitrogens with zero attached hydrogens (tertiary/aromatic N) is 1. The Bertz CT molecular complexity index is 444. The summed E-state index contributed by atoms with van der Waals surface area (Å²) < 4.78 is 5.13. The number of hydrogen-bond donors (Lipinski definition) is 1. The van der Waals surface area contributed by atoms with E-state index in [-0.39, 0.29) is 19.1 Å². The molecule has 0 fully saturated rings. The summed E-state index contributed by atoms with van der Waals surface area (Å²) in [5, 5.41) is 9.14. The van der Waals surface area contributed by atoms with E-state index in [1.165, 1.54) is 4.90 Å². The molecule has 110 valence electrons. The van der Waals surface area contributed by atoms with Crippen LogP contribution in [0.2, 0.25) is 0 Å². The Labute approximate surface area is 119 Å². The molecule has 0 saturated heterocycles. The fourth-order valence-electron chi connectivity index (χ4n) is 2.07. The van der Waals surface area contributed by atoms with Gasteiger partial charge in [0, 0.05) is 0 Å². The van der Waals surface area contributed by atoms with E-state index < -0.39 is 18.0 Å². The van der Waals surface area contributed by atoms with Crippen LogP contribution in [0.25, 0.3) is 0 Å². The van der Waals surface area contributed by atoms with Gasteiger partial charge in [0.25, 0.3) is 0 Å². The van der Waals surface area contributed by atoms with Crippen molar-refractivity contribution in [1.29, 1.82) is 0 Å². The third-order valence-electron chi connectivity index (χ3n) is 2.98. The number of esters is 1. The van der Waals surface area contributed by atoms with Gasteiger partial charge in [0.2, 0.25) is 0 Å². The van der Waals surface area contributed by atoms with Crippen LogP contribution in [0.4, 0.5) is 0 Å². The van der Waals surface area contributed by atoms with Crippen LogP contribution >= 0.6 is 0 Å². The molecule has 0 spiro atoms. The molecule has 0 heterocycles. The molecule has 1 atom stereocenters. The molecule has 0 amide bonds. The highest BCUT2D eigenvalue weighted by molar-refractivity contribution is 5.76. The molecule has 0 unspecified atom stereocenters. The van der Waals surface area contributed by atoms with Gasteiger partial charge in [-0.1, -0.05) is 44.2 Å². The zero-order valence-electron chi connectivity index (χ0n) is 12.1. The number of carboxylic acids is 1. The van der Waals surface area contributed by atoms with Crippen molar-refractivity contribution < 1.29 is 19.4 Å². The van der Waals surface area contributed by atoms with Crippen molar-refractivity contribution in [3.63, 3.8) is 0 Å².